The number of fused-ring (bicyclic) bond motifs is 2. The van der Waals surface area contributed by atoms with Gasteiger partial charge in [-0.05, 0) is 53.7 Å². The molecule has 11 atom stereocenters. The molecule has 4 aliphatic rings. The number of rotatable bonds is 13. The third kappa shape index (κ3) is 8.96. The first kappa shape index (κ1) is 40.0. The van der Waals surface area contributed by atoms with Crippen LogP contribution in [0.25, 0.3) is 0 Å². The van der Waals surface area contributed by atoms with Crippen LogP contribution in [0.3, 0.4) is 0 Å². The lowest BCUT2D eigenvalue weighted by Gasteiger charge is -2.55. The number of aliphatic hydroxyl groups is 1. The Kier molecular flexibility index (Phi) is 12.9. The van der Waals surface area contributed by atoms with Crippen molar-refractivity contribution in [3.05, 3.63) is 35.9 Å². The van der Waals surface area contributed by atoms with Gasteiger partial charge in [0.05, 0.1) is 61.9 Å². The van der Waals surface area contributed by atoms with E-state index >= 15 is 0 Å². The number of aliphatic hydroxyl groups excluding tert-OH is 1. The molecule has 4 saturated heterocycles. The molecule has 9 nitrogen and oxygen atoms in total. The van der Waals surface area contributed by atoms with Crippen LogP contribution in [0.5, 0.6) is 0 Å². The van der Waals surface area contributed by atoms with Crippen LogP contribution >= 0.6 is 0 Å². The van der Waals surface area contributed by atoms with Crippen molar-refractivity contribution in [3.8, 4) is 0 Å². The predicted octanol–water partition coefficient (Wildman–Crippen LogP) is 7.75. The fraction of sp³-hybridized carbons (Fsp3) is 0.821. The number of benzene rings is 1. The van der Waals surface area contributed by atoms with E-state index in [1.807, 2.05) is 37.3 Å². The van der Waals surface area contributed by atoms with Gasteiger partial charge in [0.1, 0.15) is 6.61 Å². The maximum Gasteiger partial charge on any atom is 0.308 e. The Labute approximate surface area is 303 Å². The molecule has 2 unspecified atom stereocenters. The van der Waals surface area contributed by atoms with Crippen LogP contribution < -0.4 is 0 Å². The number of hydrogen-bond donors (Lipinski definition) is 1. The van der Waals surface area contributed by atoms with Crippen molar-refractivity contribution in [3.63, 3.8) is 0 Å². The first-order valence-electron chi connectivity index (χ1n) is 19.4. The van der Waals surface area contributed by atoms with E-state index in [4.69, 9.17) is 32.5 Å². The highest BCUT2D eigenvalue weighted by molar-refractivity contribution is 6.74. The van der Waals surface area contributed by atoms with Gasteiger partial charge in [-0.2, -0.15) is 0 Å². The van der Waals surface area contributed by atoms with Crippen molar-refractivity contribution in [2.45, 2.75) is 185 Å². The standard InChI is InChI=1S/C39H66O9Si2/c1-11-50(12-2,13-3)48-34(25-43-49(9,10)38(6,7)8)31-19-30-29(44-31)20-33-37(45-30)27(5)23-39(47-33)22-26(4)36(41)32(46-39)21-35(40)42-24-28-17-15-14-16-18-28/h14-18,26-27,29-34,36-37,41H,11-13,19-25H2,1-10H3/t26-,27-,29+,30+,31?,32-,33-,34?,36-,37-,39+/m0/s1. The summed E-state index contributed by atoms with van der Waals surface area (Å²) in [7, 11) is -3.94. The summed E-state index contributed by atoms with van der Waals surface area (Å²) in [6.45, 7) is 23.2. The lowest BCUT2D eigenvalue weighted by Crippen LogP contribution is -2.62. The minimum atomic E-state index is -2.00. The van der Waals surface area contributed by atoms with Crippen molar-refractivity contribution in [1.29, 1.82) is 0 Å². The average molecular weight is 735 g/mol. The molecule has 1 aromatic carbocycles. The van der Waals surface area contributed by atoms with E-state index in [9.17, 15) is 9.90 Å². The second kappa shape index (κ2) is 16.1. The van der Waals surface area contributed by atoms with Crippen LogP contribution in [0.4, 0.5) is 0 Å². The smallest absolute Gasteiger partial charge is 0.308 e. The Morgan fingerprint density at radius 2 is 1.58 bits per heavy atom. The molecule has 4 heterocycles. The Bertz CT molecular complexity index is 1250. The first-order valence-corrected chi connectivity index (χ1v) is 24.8. The lowest BCUT2D eigenvalue weighted by molar-refractivity contribution is -0.373. The summed E-state index contributed by atoms with van der Waals surface area (Å²) >= 11 is 0. The maximum absolute atomic E-state index is 12.9. The third-order valence-corrected chi connectivity index (χ3v) is 21.9. The van der Waals surface area contributed by atoms with E-state index in [2.05, 4.69) is 61.6 Å². The zero-order valence-electron chi connectivity index (χ0n) is 32.4. The second-order valence-corrected chi connectivity index (χ2v) is 26.8. The van der Waals surface area contributed by atoms with Gasteiger partial charge in [0.2, 0.25) is 0 Å². The van der Waals surface area contributed by atoms with E-state index in [1.54, 1.807) is 0 Å². The van der Waals surface area contributed by atoms with Gasteiger partial charge in [-0.1, -0.05) is 85.7 Å². The molecule has 0 radical (unpaired) electrons. The Balaban J connectivity index is 1.26. The minimum absolute atomic E-state index is 0.0265. The molecule has 0 aliphatic carbocycles. The second-order valence-electron chi connectivity index (χ2n) is 17.2. The fourth-order valence-corrected chi connectivity index (χ4v) is 12.2. The van der Waals surface area contributed by atoms with E-state index in [1.165, 1.54) is 0 Å². The highest BCUT2D eigenvalue weighted by atomic mass is 28.4. The van der Waals surface area contributed by atoms with E-state index in [-0.39, 0.29) is 66.5 Å². The van der Waals surface area contributed by atoms with Gasteiger partial charge < -0.3 is 37.6 Å². The van der Waals surface area contributed by atoms with Crippen LogP contribution in [0.1, 0.15) is 93.1 Å². The summed E-state index contributed by atoms with van der Waals surface area (Å²) in [6, 6.07) is 12.8. The SMILES string of the molecule is CC[Si](CC)(CC)OC(CO[Si](C)(C)C(C)(C)C)C1C[C@H]2O[C@@H]3[C@H](C[C@H]2O1)O[C@]1(C[C@H](C)[C@H](O)[C@H](CC(=O)OCc2ccccc2)O1)C[C@@H]3C. The molecule has 1 N–H and O–H groups in total. The topological polar surface area (TPSA) is 102 Å². The van der Waals surface area contributed by atoms with Gasteiger partial charge in [0.25, 0.3) is 0 Å². The molecule has 5 rings (SSSR count). The highest BCUT2D eigenvalue weighted by Gasteiger charge is 2.57. The van der Waals surface area contributed by atoms with Crippen molar-refractivity contribution >= 4 is 22.6 Å². The molecule has 4 aliphatic heterocycles. The largest absolute Gasteiger partial charge is 0.461 e. The molecule has 0 saturated carbocycles. The van der Waals surface area contributed by atoms with Gasteiger partial charge >= 0.3 is 5.97 Å². The molecule has 0 amide bonds. The average Bonchev–Trinajstić information content (AvgIpc) is 3.48. The highest BCUT2D eigenvalue weighted by Crippen LogP contribution is 2.49. The number of esters is 1. The van der Waals surface area contributed by atoms with Gasteiger partial charge in [-0.3, -0.25) is 4.79 Å². The number of carbonyl (C=O) groups is 1. The molecule has 1 aromatic rings. The zero-order chi connectivity index (χ0) is 36.5. The number of carbonyl (C=O) groups excluding carboxylic acids is 1. The Morgan fingerprint density at radius 3 is 2.22 bits per heavy atom. The van der Waals surface area contributed by atoms with E-state index in [0.717, 1.165) is 30.1 Å². The molecular formula is C39H66O9Si2. The summed E-state index contributed by atoms with van der Waals surface area (Å²) < 4.78 is 46.7. The molecule has 0 aromatic heterocycles. The molecule has 1 spiro atoms. The molecule has 0 bridgehead atoms. The monoisotopic (exact) mass is 734 g/mol. The summed E-state index contributed by atoms with van der Waals surface area (Å²) in [6.07, 6.45) is 0.450. The maximum atomic E-state index is 12.9. The quantitative estimate of drug-likeness (QED) is 0.161. The van der Waals surface area contributed by atoms with Crippen molar-refractivity contribution < 1.29 is 42.4 Å². The predicted molar refractivity (Wildman–Crippen MR) is 199 cm³/mol. The van der Waals surface area contributed by atoms with Crippen LogP contribution in [-0.2, 0) is 43.9 Å². The summed E-state index contributed by atoms with van der Waals surface area (Å²) in [5, 5.41) is 11.2. The fourth-order valence-electron chi connectivity index (χ4n) is 8.29. The van der Waals surface area contributed by atoms with Crippen LogP contribution in [0.15, 0.2) is 30.3 Å². The molecule has 11 heteroatoms. The molecule has 4 fully saturated rings. The van der Waals surface area contributed by atoms with Crippen molar-refractivity contribution in [2.24, 2.45) is 11.8 Å². The summed E-state index contributed by atoms with van der Waals surface area (Å²) in [4.78, 5) is 12.9. The normalized spacial score (nSPS) is 35.4. The van der Waals surface area contributed by atoms with Gasteiger partial charge in [0, 0.05) is 25.7 Å². The van der Waals surface area contributed by atoms with Crippen LogP contribution in [0, 0.1) is 11.8 Å². The minimum Gasteiger partial charge on any atom is -0.461 e. The van der Waals surface area contributed by atoms with E-state index in [0.29, 0.717) is 25.9 Å². The molecule has 284 valence electrons. The van der Waals surface area contributed by atoms with E-state index < -0.39 is 40.6 Å². The van der Waals surface area contributed by atoms with Gasteiger partial charge in [-0.15, -0.1) is 0 Å². The van der Waals surface area contributed by atoms with Gasteiger partial charge in [-0.25, -0.2) is 0 Å². The Morgan fingerprint density at radius 1 is 0.940 bits per heavy atom. The summed E-state index contributed by atoms with van der Waals surface area (Å²) in [5.74, 6) is -1.25. The third-order valence-electron chi connectivity index (χ3n) is 12.7. The lowest BCUT2D eigenvalue weighted by atomic mass is 9.78. The van der Waals surface area contributed by atoms with Gasteiger partial charge in [0.15, 0.2) is 22.4 Å². The van der Waals surface area contributed by atoms with Crippen LogP contribution in [-0.4, -0.2) is 88.9 Å². The molecule has 50 heavy (non-hydrogen) atoms. The number of hydrogen-bond acceptors (Lipinski definition) is 9. The Hall–Kier alpha value is -1.16. The molecular weight excluding hydrogens is 669 g/mol. The van der Waals surface area contributed by atoms with Crippen LogP contribution in [0.2, 0.25) is 36.3 Å². The zero-order valence-corrected chi connectivity index (χ0v) is 34.4. The number of ether oxygens (including phenoxy) is 5. The van der Waals surface area contributed by atoms with Crippen molar-refractivity contribution in [1.82, 2.24) is 0 Å². The summed E-state index contributed by atoms with van der Waals surface area (Å²) in [5.41, 5.74) is 0.918. The first-order chi connectivity index (χ1) is 23.5. The van der Waals surface area contributed by atoms with Crippen molar-refractivity contribution in [2.75, 3.05) is 6.61 Å².